The third-order valence-electron chi connectivity index (χ3n) is 2.85. The molecule has 0 saturated heterocycles. The van der Waals surface area contributed by atoms with Gasteiger partial charge in [-0.15, -0.1) is 5.10 Å². The van der Waals surface area contributed by atoms with Crippen molar-refractivity contribution >= 4 is 11.5 Å². The molecule has 0 aliphatic heterocycles. The van der Waals surface area contributed by atoms with Crippen LogP contribution < -0.4 is 5.32 Å². The van der Waals surface area contributed by atoms with Crippen molar-refractivity contribution < 1.29 is 0 Å². The first-order valence-electron chi connectivity index (χ1n) is 4.99. The Bertz CT molecular complexity index is 254. The second-order valence-electron chi connectivity index (χ2n) is 4.64. The maximum absolute atomic E-state index is 3.99. The third kappa shape index (κ3) is 3.35. The number of hydrogen-bond donors (Lipinski definition) is 1. The highest BCUT2D eigenvalue weighted by atomic mass is 32.1. The average Bonchev–Trinajstić information content (AvgIpc) is 2.56. The molecule has 0 spiro atoms. The summed E-state index contributed by atoms with van der Waals surface area (Å²) >= 11 is 1.40. The molecule has 1 N–H and O–H groups in total. The van der Waals surface area contributed by atoms with Gasteiger partial charge in [0.1, 0.15) is 0 Å². The molecule has 3 nitrogen and oxygen atoms in total. The molecule has 0 amide bonds. The Labute approximate surface area is 90.1 Å². The van der Waals surface area contributed by atoms with Crippen molar-refractivity contribution in [3.05, 3.63) is 11.1 Å². The Hall–Kier alpha value is -0.480. The van der Waals surface area contributed by atoms with Gasteiger partial charge in [-0.1, -0.05) is 32.2 Å². The molecule has 0 aliphatic rings. The molecule has 1 aromatic rings. The van der Waals surface area contributed by atoms with Crippen LogP contribution in [0.1, 0.15) is 33.4 Å². The average molecular weight is 213 g/mol. The number of nitrogens with zero attached hydrogens (tertiary/aromatic N) is 2. The maximum atomic E-state index is 3.99. The monoisotopic (exact) mass is 213 g/mol. The van der Waals surface area contributed by atoms with Gasteiger partial charge in [0, 0.05) is 18.5 Å². The molecule has 0 aromatic carbocycles. The number of aromatic nitrogens is 2. The van der Waals surface area contributed by atoms with Crippen molar-refractivity contribution in [2.24, 2.45) is 11.3 Å². The number of rotatable bonds is 5. The summed E-state index contributed by atoms with van der Waals surface area (Å²) in [4.78, 5) is 0. The largest absolute Gasteiger partial charge is 0.311 e. The highest BCUT2D eigenvalue weighted by molar-refractivity contribution is 7.03. The smallest absolute Gasteiger partial charge is 0.0893 e. The van der Waals surface area contributed by atoms with Crippen LogP contribution in [0.3, 0.4) is 0 Å². The van der Waals surface area contributed by atoms with Gasteiger partial charge in [-0.25, -0.2) is 0 Å². The standard InChI is InChI=1S/C10H19N3S/c1-8(2)10(3,4)7-11-5-9-6-14-13-12-9/h6,8,11H,5,7H2,1-4H3. The predicted octanol–water partition coefficient (Wildman–Crippen LogP) is 2.31. The first kappa shape index (κ1) is 11.6. The van der Waals surface area contributed by atoms with Crippen LogP contribution in [0.4, 0.5) is 0 Å². The summed E-state index contributed by atoms with van der Waals surface area (Å²) in [6.07, 6.45) is 0. The minimum Gasteiger partial charge on any atom is -0.311 e. The molecular formula is C10H19N3S. The van der Waals surface area contributed by atoms with Crippen molar-refractivity contribution in [1.29, 1.82) is 0 Å². The van der Waals surface area contributed by atoms with Gasteiger partial charge in [-0.05, 0) is 22.9 Å². The van der Waals surface area contributed by atoms with Crippen molar-refractivity contribution in [3.63, 3.8) is 0 Å². The van der Waals surface area contributed by atoms with Gasteiger partial charge in [-0.3, -0.25) is 0 Å². The van der Waals surface area contributed by atoms with E-state index >= 15 is 0 Å². The van der Waals surface area contributed by atoms with E-state index in [1.165, 1.54) is 11.5 Å². The van der Waals surface area contributed by atoms with E-state index in [4.69, 9.17) is 0 Å². The molecule has 0 fully saturated rings. The highest BCUT2D eigenvalue weighted by Gasteiger charge is 2.21. The Morgan fingerprint density at radius 3 is 2.71 bits per heavy atom. The molecule has 1 rings (SSSR count). The van der Waals surface area contributed by atoms with Gasteiger partial charge in [0.15, 0.2) is 0 Å². The van der Waals surface area contributed by atoms with Crippen LogP contribution in [0.15, 0.2) is 5.38 Å². The van der Waals surface area contributed by atoms with Gasteiger partial charge in [0.2, 0.25) is 0 Å². The summed E-state index contributed by atoms with van der Waals surface area (Å²) in [6, 6.07) is 0. The van der Waals surface area contributed by atoms with Gasteiger partial charge < -0.3 is 5.32 Å². The highest BCUT2D eigenvalue weighted by Crippen LogP contribution is 2.24. The minimum atomic E-state index is 0.337. The third-order valence-corrected chi connectivity index (χ3v) is 3.41. The molecule has 0 aliphatic carbocycles. The van der Waals surface area contributed by atoms with E-state index in [0.717, 1.165) is 18.8 Å². The molecule has 0 unspecified atom stereocenters. The molecule has 14 heavy (non-hydrogen) atoms. The second-order valence-corrected chi connectivity index (χ2v) is 5.25. The maximum Gasteiger partial charge on any atom is 0.0893 e. The van der Waals surface area contributed by atoms with Crippen molar-refractivity contribution in [2.45, 2.75) is 34.2 Å². The molecule has 1 aromatic heterocycles. The van der Waals surface area contributed by atoms with Crippen LogP contribution in [0.2, 0.25) is 0 Å². The zero-order valence-corrected chi connectivity index (χ0v) is 10.2. The van der Waals surface area contributed by atoms with E-state index < -0.39 is 0 Å². The summed E-state index contributed by atoms with van der Waals surface area (Å²) in [5.74, 6) is 0.684. The van der Waals surface area contributed by atoms with Crippen molar-refractivity contribution in [3.8, 4) is 0 Å². The molecule has 0 saturated carbocycles. The van der Waals surface area contributed by atoms with Crippen LogP contribution in [-0.4, -0.2) is 16.1 Å². The lowest BCUT2D eigenvalue weighted by molar-refractivity contribution is 0.237. The topological polar surface area (TPSA) is 37.8 Å². The molecule has 0 bridgehead atoms. The zero-order chi connectivity index (χ0) is 10.6. The van der Waals surface area contributed by atoms with Crippen LogP contribution in [0.25, 0.3) is 0 Å². The second kappa shape index (κ2) is 4.84. The fourth-order valence-electron chi connectivity index (χ4n) is 0.978. The Morgan fingerprint density at radius 2 is 2.21 bits per heavy atom. The fraction of sp³-hybridized carbons (Fsp3) is 0.800. The quantitative estimate of drug-likeness (QED) is 0.815. The van der Waals surface area contributed by atoms with E-state index in [-0.39, 0.29) is 0 Å². The number of nitrogens with one attached hydrogen (secondary N) is 1. The molecule has 0 radical (unpaired) electrons. The van der Waals surface area contributed by atoms with Crippen molar-refractivity contribution in [2.75, 3.05) is 6.54 Å². The van der Waals surface area contributed by atoms with Crippen LogP contribution >= 0.6 is 11.5 Å². The summed E-state index contributed by atoms with van der Waals surface area (Å²) in [7, 11) is 0. The zero-order valence-electron chi connectivity index (χ0n) is 9.37. The van der Waals surface area contributed by atoms with E-state index in [9.17, 15) is 0 Å². The summed E-state index contributed by atoms with van der Waals surface area (Å²) < 4.78 is 3.82. The van der Waals surface area contributed by atoms with Gasteiger partial charge >= 0.3 is 0 Å². The summed E-state index contributed by atoms with van der Waals surface area (Å²) in [5.41, 5.74) is 1.37. The summed E-state index contributed by atoms with van der Waals surface area (Å²) in [5, 5.41) is 9.38. The van der Waals surface area contributed by atoms with E-state index in [2.05, 4.69) is 42.6 Å². The van der Waals surface area contributed by atoms with E-state index in [1.54, 1.807) is 0 Å². The SMILES string of the molecule is CC(C)C(C)(C)CNCc1csnn1. The molecule has 80 valence electrons. The van der Waals surface area contributed by atoms with Crippen LogP contribution in [-0.2, 0) is 6.54 Å². The lowest BCUT2D eigenvalue weighted by Crippen LogP contribution is -2.33. The molecule has 1 heterocycles. The van der Waals surface area contributed by atoms with E-state index in [1.807, 2.05) is 5.38 Å². The minimum absolute atomic E-state index is 0.337. The molecule has 4 heteroatoms. The number of hydrogen-bond acceptors (Lipinski definition) is 4. The van der Waals surface area contributed by atoms with Gasteiger partial charge in [-0.2, -0.15) is 0 Å². The van der Waals surface area contributed by atoms with Crippen LogP contribution in [0.5, 0.6) is 0 Å². The van der Waals surface area contributed by atoms with E-state index in [0.29, 0.717) is 11.3 Å². The predicted molar refractivity (Wildman–Crippen MR) is 60.2 cm³/mol. The Morgan fingerprint density at radius 1 is 1.50 bits per heavy atom. The fourth-order valence-corrected chi connectivity index (χ4v) is 1.43. The van der Waals surface area contributed by atoms with Gasteiger partial charge in [0.25, 0.3) is 0 Å². The lowest BCUT2D eigenvalue weighted by atomic mass is 9.81. The van der Waals surface area contributed by atoms with Crippen molar-refractivity contribution in [1.82, 2.24) is 14.9 Å². The molecular weight excluding hydrogens is 194 g/mol. The van der Waals surface area contributed by atoms with Crippen LogP contribution in [0, 0.1) is 11.3 Å². The first-order valence-corrected chi connectivity index (χ1v) is 5.82. The lowest BCUT2D eigenvalue weighted by Gasteiger charge is -2.29. The first-order chi connectivity index (χ1) is 6.52. The Kier molecular flexibility index (Phi) is 4.01. The molecule has 0 atom stereocenters. The normalized spacial score (nSPS) is 12.4. The summed E-state index contributed by atoms with van der Waals surface area (Å²) in [6.45, 7) is 10.9. The Balaban J connectivity index is 2.28. The van der Waals surface area contributed by atoms with Gasteiger partial charge in [0.05, 0.1) is 5.69 Å².